The van der Waals surface area contributed by atoms with Crippen molar-refractivity contribution in [3.05, 3.63) is 76.9 Å². The number of ether oxygens (including phenoxy) is 4. The van der Waals surface area contributed by atoms with Gasteiger partial charge in [0, 0.05) is 60.6 Å². The van der Waals surface area contributed by atoms with Crippen LogP contribution in [0.1, 0.15) is 72.0 Å². The lowest BCUT2D eigenvalue weighted by Gasteiger charge is -2.39. The average Bonchev–Trinajstić information content (AvgIpc) is 3.43. The lowest BCUT2D eigenvalue weighted by Crippen LogP contribution is -2.59. The molecule has 15 nitrogen and oxygen atoms in total. The van der Waals surface area contributed by atoms with Crippen LogP contribution < -0.4 is 20.7 Å². The number of carbonyl (C=O) groups excluding carboxylic acids is 2. The predicted octanol–water partition coefficient (Wildman–Crippen LogP) is 2.62. The largest absolute Gasteiger partial charge is 0.508 e. The van der Waals surface area contributed by atoms with Gasteiger partial charge in [-0.1, -0.05) is 31.7 Å². The molecule has 5 atom stereocenters. The molecule has 3 heterocycles. The molecule has 290 valence electrons. The molecule has 0 aromatic heterocycles. The second kappa shape index (κ2) is 17.3. The molecular weight excluding hydrogens is 722 g/mol. The molecule has 16 heteroatoms. The van der Waals surface area contributed by atoms with Crippen LogP contribution in [0.25, 0.3) is 0 Å². The number of rotatable bonds is 15. The molecule has 0 aliphatic carbocycles. The van der Waals surface area contributed by atoms with E-state index in [1.165, 1.54) is 24.3 Å². The molecule has 3 aliphatic rings. The molecule has 1 fully saturated rings. The zero-order valence-electron chi connectivity index (χ0n) is 29.4. The van der Waals surface area contributed by atoms with Crippen molar-refractivity contribution in [2.24, 2.45) is 0 Å². The van der Waals surface area contributed by atoms with E-state index in [-0.39, 0.29) is 17.4 Å². The van der Waals surface area contributed by atoms with E-state index in [1.54, 1.807) is 30.3 Å². The van der Waals surface area contributed by atoms with E-state index in [1.807, 2.05) is 0 Å². The summed E-state index contributed by atoms with van der Waals surface area (Å²) < 4.78 is 22.9. The Balaban J connectivity index is 0.884. The number of anilines is 1. The minimum Gasteiger partial charge on any atom is -0.508 e. The number of esters is 1. The summed E-state index contributed by atoms with van der Waals surface area (Å²) in [7, 11) is 0. The van der Waals surface area contributed by atoms with Gasteiger partial charge in [0.2, 0.25) is 5.91 Å². The molecule has 0 bridgehead atoms. The predicted molar refractivity (Wildman–Crippen MR) is 197 cm³/mol. The van der Waals surface area contributed by atoms with Gasteiger partial charge in [-0.05, 0) is 61.5 Å². The maximum absolute atomic E-state index is 13.3. The lowest BCUT2D eigenvalue weighted by molar-refractivity contribution is -0.301. The number of aliphatic hydroxyl groups is 4. The molecular formula is C38H45N3O12S. The number of thiocarbonyl (C=S) groups is 1. The highest BCUT2D eigenvalue weighted by atomic mass is 32.1. The number of unbranched alkanes of at least 4 members (excludes halogenated alkanes) is 5. The number of benzene rings is 3. The molecule has 0 radical (unpaired) electrons. The summed E-state index contributed by atoms with van der Waals surface area (Å²) in [5.74, 6) is -0.0858. The van der Waals surface area contributed by atoms with Gasteiger partial charge in [0.1, 0.15) is 47.4 Å². The molecule has 1 saturated heterocycles. The molecule has 1 spiro atoms. The van der Waals surface area contributed by atoms with Crippen LogP contribution in [-0.4, -0.2) is 105 Å². The fourth-order valence-corrected chi connectivity index (χ4v) is 7.14. The van der Waals surface area contributed by atoms with Crippen LogP contribution in [-0.2, 0) is 24.6 Å². The highest BCUT2D eigenvalue weighted by Crippen LogP contribution is 2.57. The highest BCUT2D eigenvalue weighted by Gasteiger charge is 2.53. The third kappa shape index (κ3) is 8.39. The van der Waals surface area contributed by atoms with E-state index in [2.05, 4.69) is 16.0 Å². The topological polar surface area (TPSA) is 229 Å². The minimum atomic E-state index is -1.46. The van der Waals surface area contributed by atoms with Crippen LogP contribution in [0, 0.1) is 0 Å². The van der Waals surface area contributed by atoms with E-state index in [9.17, 15) is 40.2 Å². The summed E-state index contributed by atoms with van der Waals surface area (Å²) in [6.45, 7) is 0.536. The number of nitrogens with one attached hydrogen (secondary N) is 3. The quantitative estimate of drug-likeness (QED) is 0.0615. The van der Waals surface area contributed by atoms with Gasteiger partial charge in [-0.25, -0.2) is 4.79 Å². The van der Waals surface area contributed by atoms with Gasteiger partial charge in [0.15, 0.2) is 17.0 Å². The lowest BCUT2D eigenvalue weighted by atomic mass is 9.77. The third-order valence-corrected chi connectivity index (χ3v) is 9.94. The van der Waals surface area contributed by atoms with Crippen molar-refractivity contribution >= 4 is 34.9 Å². The summed E-state index contributed by atoms with van der Waals surface area (Å²) in [5.41, 5.74) is 1.14. The summed E-state index contributed by atoms with van der Waals surface area (Å²) in [6, 6.07) is 14.3. The second-order valence-corrected chi connectivity index (χ2v) is 13.9. The molecule has 9 N–H and O–H groups in total. The molecule has 6 rings (SSSR count). The number of carbonyl (C=O) groups is 2. The van der Waals surface area contributed by atoms with Crippen LogP contribution in [0.5, 0.6) is 23.0 Å². The Kier molecular flexibility index (Phi) is 12.5. The molecule has 3 aromatic rings. The van der Waals surface area contributed by atoms with Crippen molar-refractivity contribution in [1.29, 1.82) is 0 Å². The molecule has 54 heavy (non-hydrogen) atoms. The Bertz CT molecular complexity index is 1790. The van der Waals surface area contributed by atoms with E-state index in [4.69, 9.17) is 31.2 Å². The normalized spacial score (nSPS) is 22.0. The molecule has 3 aromatic carbocycles. The monoisotopic (exact) mass is 767 g/mol. The van der Waals surface area contributed by atoms with Crippen LogP contribution >= 0.6 is 12.2 Å². The first-order valence-electron chi connectivity index (χ1n) is 18.0. The van der Waals surface area contributed by atoms with Crippen LogP contribution in [0.15, 0.2) is 54.6 Å². The van der Waals surface area contributed by atoms with Crippen molar-refractivity contribution in [3.8, 4) is 23.0 Å². The smallest absolute Gasteiger partial charge is 0.340 e. The fourth-order valence-electron chi connectivity index (χ4n) is 6.92. The first-order chi connectivity index (χ1) is 26.0. The van der Waals surface area contributed by atoms with Crippen LogP contribution in [0.4, 0.5) is 5.69 Å². The Hall–Kier alpha value is -4.55. The average molecular weight is 768 g/mol. The number of aromatic hydroxyl groups is 2. The fraction of sp³-hybridized carbons (Fsp3) is 0.447. The van der Waals surface area contributed by atoms with Crippen molar-refractivity contribution in [2.75, 3.05) is 31.6 Å². The van der Waals surface area contributed by atoms with E-state index in [0.717, 1.165) is 32.1 Å². The van der Waals surface area contributed by atoms with Crippen LogP contribution in [0.2, 0.25) is 0 Å². The van der Waals surface area contributed by atoms with Crippen LogP contribution in [0.3, 0.4) is 0 Å². The summed E-state index contributed by atoms with van der Waals surface area (Å²) >= 11 is 5.45. The standard InChI is InChI=1S/C38H45N3O12S/c42-20-30-32(46)33(47)34(48)36(52-30)50-16-6-4-2-1-3-5-7-31(45)39-14-15-40-37(54)41-21-8-11-25-24(17-21)35(49)53-38(25)26-12-9-22(43)18-28(26)51-29-19-23(44)10-13-27(29)38/h8-13,17-19,30,32-34,36,42-44,46-48H,1-7,14-16,20H2,(H,39,45)(H2,40,41,54)/t30-,32-,33+,34+,36+/m1/s1. The number of phenolic OH excluding ortho intramolecular Hbond substituents is 2. The Labute approximate surface area is 316 Å². The minimum absolute atomic E-state index is 0.0271. The Morgan fingerprint density at radius 3 is 2.11 bits per heavy atom. The summed E-state index contributed by atoms with van der Waals surface area (Å²) in [6.07, 6.45) is -0.879. The molecule has 1 amide bonds. The van der Waals surface area contributed by atoms with Gasteiger partial charge in [-0.2, -0.15) is 0 Å². The number of amides is 1. The third-order valence-electron chi connectivity index (χ3n) is 9.69. The summed E-state index contributed by atoms with van der Waals surface area (Å²) in [4.78, 5) is 25.7. The SMILES string of the molecule is O=C(CCCCCCCCO[C@H]1O[C@H](CO)[C@@H](O)[C@H](O)[C@@H]1O)NCCNC(=S)Nc1ccc2c(c1)C(=O)OC21c2ccc(O)cc2Oc2cc(O)ccc21. The second-order valence-electron chi connectivity index (χ2n) is 13.5. The zero-order chi connectivity index (χ0) is 38.4. The first-order valence-corrected chi connectivity index (χ1v) is 18.4. The maximum Gasteiger partial charge on any atom is 0.340 e. The maximum atomic E-state index is 13.3. The van der Waals surface area contributed by atoms with E-state index >= 15 is 0 Å². The van der Waals surface area contributed by atoms with Gasteiger partial charge in [0.25, 0.3) is 0 Å². The number of fused-ring (bicyclic) bond motifs is 6. The molecule has 0 unspecified atom stereocenters. The molecule has 3 aliphatic heterocycles. The number of hydrogen-bond donors (Lipinski definition) is 9. The Morgan fingerprint density at radius 1 is 0.796 bits per heavy atom. The van der Waals surface area contributed by atoms with E-state index < -0.39 is 48.9 Å². The van der Waals surface area contributed by atoms with Gasteiger partial charge in [-0.3, -0.25) is 4.79 Å². The van der Waals surface area contributed by atoms with Crippen molar-refractivity contribution < 1.29 is 59.2 Å². The Morgan fingerprint density at radius 2 is 1.43 bits per heavy atom. The number of phenols is 2. The first kappa shape index (κ1) is 39.2. The number of hydrogen-bond acceptors (Lipinski definition) is 13. The summed E-state index contributed by atoms with van der Waals surface area (Å²) in [5, 5.41) is 68.5. The van der Waals surface area contributed by atoms with Gasteiger partial charge in [-0.15, -0.1) is 0 Å². The molecule has 0 saturated carbocycles. The van der Waals surface area contributed by atoms with E-state index in [0.29, 0.717) is 77.1 Å². The number of aliphatic hydroxyl groups excluding tert-OH is 4. The van der Waals surface area contributed by atoms with Crippen molar-refractivity contribution in [3.63, 3.8) is 0 Å². The van der Waals surface area contributed by atoms with Gasteiger partial charge in [0.05, 0.1) is 12.2 Å². The van der Waals surface area contributed by atoms with Gasteiger partial charge >= 0.3 is 5.97 Å². The van der Waals surface area contributed by atoms with Gasteiger partial charge < -0.3 is 65.5 Å². The van der Waals surface area contributed by atoms with Crippen molar-refractivity contribution in [2.45, 2.75) is 81.3 Å². The highest BCUT2D eigenvalue weighted by molar-refractivity contribution is 7.80. The zero-order valence-corrected chi connectivity index (χ0v) is 30.2. The van der Waals surface area contributed by atoms with Crippen molar-refractivity contribution in [1.82, 2.24) is 10.6 Å².